The lowest BCUT2D eigenvalue weighted by molar-refractivity contribution is 0.0525. The van der Waals surface area contributed by atoms with Crippen LogP contribution in [0.4, 0.5) is 0 Å². The van der Waals surface area contributed by atoms with E-state index in [2.05, 4.69) is 6.07 Å². The Morgan fingerprint density at radius 3 is 2.76 bits per heavy atom. The van der Waals surface area contributed by atoms with Crippen LogP contribution < -0.4 is 0 Å². The van der Waals surface area contributed by atoms with E-state index in [0.717, 1.165) is 12.0 Å². The van der Waals surface area contributed by atoms with Crippen molar-refractivity contribution in [3.8, 4) is 0 Å². The molecule has 2 nitrogen and oxygen atoms in total. The molecule has 0 N–H and O–H groups in total. The zero-order valence-corrected chi connectivity index (χ0v) is 10.5. The van der Waals surface area contributed by atoms with Crippen LogP contribution in [0.5, 0.6) is 0 Å². The molecular formula is C14H14O2S. The Kier molecular flexibility index (Phi) is 3.94. The SMILES string of the molecule is CCOC(=O)c1ccccc1Cc1cccs1. The Morgan fingerprint density at radius 1 is 1.24 bits per heavy atom. The van der Waals surface area contributed by atoms with E-state index in [1.807, 2.05) is 42.6 Å². The van der Waals surface area contributed by atoms with Crippen molar-refractivity contribution in [2.24, 2.45) is 0 Å². The minimum atomic E-state index is -0.236. The van der Waals surface area contributed by atoms with Crippen LogP contribution in [0.25, 0.3) is 0 Å². The zero-order chi connectivity index (χ0) is 12.1. The van der Waals surface area contributed by atoms with Crippen molar-refractivity contribution >= 4 is 17.3 Å². The summed E-state index contributed by atoms with van der Waals surface area (Å²) in [6.45, 7) is 2.23. The number of carbonyl (C=O) groups excluding carboxylic acids is 1. The molecule has 1 heterocycles. The molecule has 0 spiro atoms. The van der Waals surface area contributed by atoms with Crippen molar-refractivity contribution in [1.82, 2.24) is 0 Å². The lowest BCUT2D eigenvalue weighted by atomic mass is 10.0. The number of thiophene rings is 1. The Hall–Kier alpha value is -1.61. The van der Waals surface area contributed by atoms with Crippen molar-refractivity contribution in [3.05, 3.63) is 57.8 Å². The number of hydrogen-bond acceptors (Lipinski definition) is 3. The summed E-state index contributed by atoms with van der Waals surface area (Å²) in [7, 11) is 0. The molecule has 1 aromatic heterocycles. The van der Waals surface area contributed by atoms with Gasteiger partial charge in [0, 0.05) is 11.3 Å². The van der Waals surface area contributed by atoms with Gasteiger partial charge < -0.3 is 4.74 Å². The summed E-state index contributed by atoms with van der Waals surface area (Å²) < 4.78 is 5.05. The first kappa shape index (κ1) is 11.9. The molecule has 0 unspecified atom stereocenters. The number of ether oxygens (including phenoxy) is 1. The van der Waals surface area contributed by atoms with Gasteiger partial charge in [-0.25, -0.2) is 4.79 Å². The number of benzene rings is 1. The van der Waals surface area contributed by atoms with Crippen LogP contribution in [0, 0.1) is 0 Å². The van der Waals surface area contributed by atoms with E-state index in [1.165, 1.54) is 4.88 Å². The normalized spacial score (nSPS) is 10.2. The highest BCUT2D eigenvalue weighted by Gasteiger charge is 2.11. The Labute approximate surface area is 105 Å². The molecule has 88 valence electrons. The van der Waals surface area contributed by atoms with E-state index in [1.54, 1.807) is 11.3 Å². The summed E-state index contributed by atoms with van der Waals surface area (Å²) in [6.07, 6.45) is 0.784. The number of esters is 1. The maximum absolute atomic E-state index is 11.8. The van der Waals surface area contributed by atoms with Crippen molar-refractivity contribution < 1.29 is 9.53 Å². The monoisotopic (exact) mass is 246 g/mol. The largest absolute Gasteiger partial charge is 0.462 e. The van der Waals surface area contributed by atoms with Gasteiger partial charge in [-0.2, -0.15) is 0 Å². The van der Waals surface area contributed by atoms with Crippen LogP contribution in [-0.2, 0) is 11.2 Å². The lowest BCUT2D eigenvalue weighted by Gasteiger charge is -2.07. The van der Waals surface area contributed by atoms with E-state index in [9.17, 15) is 4.79 Å². The highest BCUT2D eigenvalue weighted by molar-refractivity contribution is 7.09. The van der Waals surface area contributed by atoms with Crippen molar-refractivity contribution in [1.29, 1.82) is 0 Å². The molecule has 0 saturated carbocycles. The molecule has 17 heavy (non-hydrogen) atoms. The number of hydrogen-bond donors (Lipinski definition) is 0. The number of carbonyl (C=O) groups is 1. The van der Waals surface area contributed by atoms with Gasteiger partial charge in [0.1, 0.15) is 0 Å². The highest BCUT2D eigenvalue weighted by atomic mass is 32.1. The quantitative estimate of drug-likeness (QED) is 0.772. The summed E-state index contributed by atoms with van der Waals surface area (Å²) >= 11 is 1.70. The topological polar surface area (TPSA) is 26.3 Å². The first-order valence-electron chi connectivity index (χ1n) is 5.58. The third kappa shape index (κ3) is 2.94. The number of rotatable bonds is 4. The predicted molar refractivity (Wildman–Crippen MR) is 69.5 cm³/mol. The standard InChI is InChI=1S/C14H14O2S/c1-2-16-14(15)13-8-4-3-6-11(13)10-12-7-5-9-17-12/h3-9H,2,10H2,1H3. The maximum Gasteiger partial charge on any atom is 0.338 e. The third-order valence-corrected chi connectivity index (χ3v) is 3.33. The Morgan fingerprint density at radius 2 is 2.06 bits per heavy atom. The fourth-order valence-electron chi connectivity index (χ4n) is 1.68. The fraction of sp³-hybridized carbons (Fsp3) is 0.214. The van der Waals surface area contributed by atoms with Crippen LogP contribution >= 0.6 is 11.3 Å². The minimum absolute atomic E-state index is 0.236. The molecule has 0 radical (unpaired) electrons. The molecule has 0 bridgehead atoms. The summed E-state index contributed by atoms with van der Waals surface area (Å²) in [5.74, 6) is -0.236. The average Bonchev–Trinajstić information content (AvgIpc) is 2.83. The Bertz CT molecular complexity index is 489. The smallest absolute Gasteiger partial charge is 0.338 e. The van der Waals surface area contributed by atoms with Gasteiger partial charge in [0.15, 0.2) is 0 Å². The van der Waals surface area contributed by atoms with Crippen LogP contribution in [-0.4, -0.2) is 12.6 Å². The van der Waals surface area contributed by atoms with Crippen LogP contribution in [0.15, 0.2) is 41.8 Å². The van der Waals surface area contributed by atoms with Crippen LogP contribution in [0.1, 0.15) is 27.7 Å². The van der Waals surface area contributed by atoms with Gasteiger partial charge >= 0.3 is 5.97 Å². The molecule has 0 fully saturated rings. The second kappa shape index (κ2) is 5.64. The van der Waals surface area contributed by atoms with Crippen molar-refractivity contribution in [3.63, 3.8) is 0 Å². The highest BCUT2D eigenvalue weighted by Crippen LogP contribution is 2.18. The van der Waals surface area contributed by atoms with E-state index in [0.29, 0.717) is 12.2 Å². The summed E-state index contributed by atoms with van der Waals surface area (Å²) in [5.41, 5.74) is 1.69. The van der Waals surface area contributed by atoms with E-state index in [-0.39, 0.29) is 5.97 Å². The van der Waals surface area contributed by atoms with Gasteiger partial charge in [-0.3, -0.25) is 0 Å². The molecular weight excluding hydrogens is 232 g/mol. The molecule has 0 saturated heterocycles. The van der Waals surface area contributed by atoms with Gasteiger partial charge in [0.05, 0.1) is 12.2 Å². The molecule has 0 aliphatic heterocycles. The minimum Gasteiger partial charge on any atom is -0.462 e. The molecule has 1 aromatic carbocycles. The van der Waals surface area contributed by atoms with E-state index >= 15 is 0 Å². The van der Waals surface area contributed by atoms with Crippen molar-refractivity contribution in [2.45, 2.75) is 13.3 Å². The first-order valence-corrected chi connectivity index (χ1v) is 6.46. The van der Waals surface area contributed by atoms with E-state index < -0.39 is 0 Å². The molecule has 0 aliphatic rings. The summed E-state index contributed by atoms with van der Waals surface area (Å²) in [5, 5.41) is 2.04. The Balaban J connectivity index is 2.24. The first-order chi connectivity index (χ1) is 8.31. The van der Waals surface area contributed by atoms with Gasteiger partial charge in [-0.1, -0.05) is 24.3 Å². The van der Waals surface area contributed by atoms with Crippen LogP contribution in [0.2, 0.25) is 0 Å². The molecule has 0 aliphatic carbocycles. The average molecular weight is 246 g/mol. The van der Waals surface area contributed by atoms with Gasteiger partial charge in [0.2, 0.25) is 0 Å². The molecule has 2 rings (SSSR count). The lowest BCUT2D eigenvalue weighted by Crippen LogP contribution is -2.08. The fourth-order valence-corrected chi connectivity index (χ4v) is 2.41. The summed E-state index contributed by atoms with van der Waals surface area (Å²) in [6, 6.07) is 11.7. The third-order valence-electron chi connectivity index (χ3n) is 2.46. The predicted octanol–water partition coefficient (Wildman–Crippen LogP) is 3.52. The maximum atomic E-state index is 11.8. The molecule has 2 aromatic rings. The summed E-state index contributed by atoms with van der Waals surface area (Å²) in [4.78, 5) is 13.0. The van der Waals surface area contributed by atoms with Gasteiger partial charge in [0.25, 0.3) is 0 Å². The molecule has 0 atom stereocenters. The second-order valence-electron chi connectivity index (χ2n) is 3.63. The van der Waals surface area contributed by atoms with Crippen molar-refractivity contribution in [2.75, 3.05) is 6.61 Å². The van der Waals surface area contributed by atoms with Gasteiger partial charge in [-0.05, 0) is 30.0 Å². The molecule has 3 heteroatoms. The zero-order valence-electron chi connectivity index (χ0n) is 9.68. The molecule has 0 amide bonds. The van der Waals surface area contributed by atoms with E-state index in [4.69, 9.17) is 4.74 Å². The van der Waals surface area contributed by atoms with Gasteiger partial charge in [-0.15, -0.1) is 11.3 Å². The van der Waals surface area contributed by atoms with Crippen LogP contribution in [0.3, 0.4) is 0 Å². The second-order valence-corrected chi connectivity index (χ2v) is 4.67.